The van der Waals surface area contributed by atoms with Crippen molar-refractivity contribution in [2.45, 2.75) is 25.0 Å². The molecule has 0 spiro atoms. The second kappa shape index (κ2) is 6.75. The van der Waals surface area contributed by atoms with Gasteiger partial charge in [0.05, 0.1) is 0 Å². The normalized spacial score (nSPS) is 12.0. The summed E-state index contributed by atoms with van der Waals surface area (Å²) in [5, 5.41) is 3.41. The van der Waals surface area contributed by atoms with Gasteiger partial charge in [-0.25, -0.2) is 0 Å². The molecule has 1 N–H and O–H groups in total. The second-order valence-corrected chi connectivity index (χ2v) is 5.00. The molecule has 0 heterocycles. The molecule has 3 heteroatoms. The first kappa shape index (κ1) is 12.3. The van der Waals surface area contributed by atoms with Crippen molar-refractivity contribution < 1.29 is 4.74 Å². The third-order valence-electron chi connectivity index (χ3n) is 1.81. The Morgan fingerprint density at radius 2 is 2.08 bits per heavy atom. The van der Waals surface area contributed by atoms with E-state index in [1.807, 2.05) is 11.8 Å². The van der Waals surface area contributed by atoms with Gasteiger partial charge in [-0.2, -0.15) is 11.8 Å². The van der Waals surface area contributed by atoms with Gasteiger partial charge in [0, 0.05) is 25.0 Å². The summed E-state index contributed by atoms with van der Waals surface area (Å²) in [7, 11) is 1.74. The van der Waals surface area contributed by atoms with Gasteiger partial charge >= 0.3 is 0 Å². The van der Waals surface area contributed by atoms with Gasteiger partial charge in [-0.1, -0.05) is 0 Å². The highest BCUT2D eigenvalue weighted by Gasteiger charge is 2.14. The van der Waals surface area contributed by atoms with Gasteiger partial charge in [-0.3, -0.25) is 0 Å². The molecule has 0 amide bonds. The summed E-state index contributed by atoms with van der Waals surface area (Å²) in [5.41, 5.74) is 0. The first-order chi connectivity index (χ1) is 5.62. The first-order valence-electron chi connectivity index (χ1n) is 4.37. The molecule has 0 aliphatic rings. The van der Waals surface area contributed by atoms with E-state index in [2.05, 4.69) is 25.4 Å². The van der Waals surface area contributed by atoms with E-state index in [0.717, 1.165) is 26.1 Å². The molecule has 0 saturated carbocycles. The molecule has 0 aliphatic carbocycles. The average molecular weight is 191 g/mol. The molecule has 0 aromatic rings. The molecule has 0 rings (SSSR count). The van der Waals surface area contributed by atoms with E-state index in [4.69, 9.17) is 4.74 Å². The standard InChI is InChI=1S/C9H21NOS/c1-9(2,12-4)8-10-6-5-7-11-3/h10H,5-8H2,1-4H3. The molecule has 0 radical (unpaired) electrons. The summed E-state index contributed by atoms with van der Waals surface area (Å²) < 4.78 is 5.31. The van der Waals surface area contributed by atoms with E-state index in [-0.39, 0.29) is 0 Å². The number of hydrogen-bond acceptors (Lipinski definition) is 3. The van der Waals surface area contributed by atoms with Crippen molar-refractivity contribution in [2.75, 3.05) is 33.1 Å². The van der Waals surface area contributed by atoms with Crippen molar-refractivity contribution in [1.29, 1.82) is 0 Å². The molecule has 0 aromatic heterocycles. The highest BCUT2D eigenvalue weighted by molar-refractivity contribution is 7.99. The fraction of sp³-hybridized carbons (Fsp3) is 1.00. The van der Waals surface area contributed by atoms with E-state index in [1.165, 1.54) is 0 Å². The van der Waals surface area contributed by atoms with Crippen LogP contribution < -0.4 is 5.32 Å². The summed E-state index contributed by atoms with van der Waals surface area (Å²) in [6.07, 6.45) is 3.25. The Morgan fingerprint density at radius 1 is 1.42 bits per heavy atom. The highest BCUT2D eigenvalue weighted by atomic mass is 32.2. The Labute approximate surface area is 80.4 Å². The molecule has 0 aliphatic heterocycles. The minimum atomic E-state index is 0.354. The van der Waals surface area contributed by atoms with E-state index < -0.39 is 0 Å². The van der Waals surface area contributed by atoms with E-state index in [9.17, 15) is 0 Å². The third-order valence-corrected chi connectivity index (χ3v) is 3.05. The smallest absolute Gasteiger partial charge is 0.0474 e. The molecule has 2 nitrogen and oxygen atoms in total. The van der Waals surface area contributed by atoms with Crippen LogP contribution in [0.4, 0.5) is 0 Å². The Kier molecular flexibility index (Phi) is 6.90. The minimum absolute atomic E-state index is 0.354. The number of rotatable bonds is 7. The number of thioether (sulfide) groups is 1. The fourth-order valence-corrected chi connectivity index (χ4v) is 1.05. The highest BCUT2D eigenvalue weighted by Crippen LogP contribution is 2.19. The van der Waals surface area contributed by atoms with Crippen LogP contribution in [0.25, 0.3) is 0 Å². The summed E-state index contributed by atoms with van der Waals surface area (Å²) >= 11 is 1.90. The van der Waals surface area contributed by atoms with Crippen molar-refractivity contribution in [2.24, 2.45) is 0 Å². The Bertz CT molecular complexity index is 107. The van der Waals surface area contributed by atoms with Crippen molar-refractivity contribution in [3.05, 3.63) is 0 Å². The average Bonchev–Trinajstić information content (AvgIpc) is 2.04. The van der Waals surface area contributed by atoms with E-state index in [0.29, 0.717) is 4.75 Å². The molecule has 0 atom stereocenters. The quantitative estimate of drug-likeness (QED) is 0.620. The third kappa shape index (κ3) is 6.95. The Hall–Kier alpha value is 0.270. The fourth-order valence-electron chi connectivity index (χ4n) is 0.803. The number of hydrogen-bond donors (Lipinski definition) is 1. The van der Waals surface area contributed by atoms with Crippen LogP contribution in [0, 0.1) is 0 Å². The monoisotopic (exact) mass is 191 g/mol. The lowest BCUT2D eigenvalue weighted by Crippen LogP contribution is -2.32. The number of nitrogens with one attached hydrogen (secondary N) is 1. The summed E-state index contributed by atoms with van der Waals surface area (Å²) in [6.45, 7) is 7.48. The largest absolute Gasteiger partial charge is 0.385 e. The van der Waals surface area contributed by atoms with Crippen LogP contribution in [-0.2, 0) is 4.74 Å². The zero-order valence-electron chi connectivity index (χ0n) is 8.64. The van der Waals surface area contributed by atoms with Crippen molar-refractivity contribution in [3.8, 4) is 0 Å². The van der Waals surface area contributed by atoms with Crippen LogP contribution in [0.2, 0.25) is 0 Å². The summed E-state index contributed by atoms with van der Waals surface area (Å²) in [5.74, 6) is 0. The number of ether oxygens (including phenoxy) is 1. The first-order valence-corrected chi connectivity index (χ1v) is 5.59. The van der Waals surface area contributed by atoms with Gasteiger partial charge in [0.25, 0.3) is 0 Å². The van der Waals surface area contributed by atoms with Gasteiger partial charge < -0.3 is 10.1 Å². The van der Waals surface area contributed by atoms with Gasteiger partial charge in [0.2, 0.25) is 0 Å². The van der Waals surface area contributed by atoms with Crippen LogP contribution in [-0.4, -0.2) is 37.8 Å². The maximum Gasteiger partial charge on any atom is 0.0474 e. The minimum Gasteiger partial charge on any atom is -0.385 e. The summed E-state index contributed by atoms with van der Waals surface area (Å²) in [6, 6.07) is 0. The molecular formula is C9H21NOS. The molecular weight excluding hydrogens is 170 g/mol. The van der Waals surface area contributed by atoms with Gasteiger partial charge in [-0.05, 0) is 33.1 Å². The van der Waals surface area contributed by atoms with E-state index >= 15 is 0 Å². The van der Waals surface area contributed by atoms with Gasteiger partial charge in [0.1, 0.15) is 0 Å². The van der Waals surface area contributed by atoms with Crippen LogP contribution in [0.15, 0.2) is 0 Å². The zero-order valence-corrected chi connectivity index (χ0v) is 9.46. The molecule has 0 unspecified atom stereocenters. The van der Waals surface area contributed by atoms with Crippen LogP contribution >= 0.6 is 11.8 Å². The predicted octanol–water partition coefficient (Wildman–Crippen LogP) is 1.75. The molecule has 74 valence electrons. The Balaban J connectivity index is 3.19. The van der Waals surface area contributed by atoms with Gasteiger partial charge in [-0.15, -0.1) is 0 Å². The molecule has 0 saturated heterocycles. The van der Waals surface area contributed by atoms with Crippen LogP contribution in [0.3, 0.4) is 0 Å². The van der Waals surface area contributed by atoms with Crippen LogP contribution in [0.1, 0.15) is 20.3 Å². The lowest BCUT2D eigenvalue weighted by molar-refractivity contribution is 0.194. The second-order valence-electron chi connectivity index (χ2n) is 3.49. The zero-order chi connectivity index (χ0) is 9.45. The van der Waals surface area contributed by atoms with Crippen LogP contribution in [0.5, 0.6) is 0 Å². The molecule has 0 aromatic carbocycles. The lowest BCUT2D eigenvalue weighted by Gasteiger charge is -2.22. The Morgan fingerprint density at radius 3 is 2.58 bits per heavy atom. The molecule has 12 heavy (non-hydrogen) atoms. The maximum atomic E-state index is 4.96. The van der Waals surface area contributed by atoms with Crippen molar-refractivity contribution in [3.63, 3.8) is 0 Å². The molecule has 0 fully saturated rings. The number of methoxy groups -OCH3 is 1. The maximum absolute atomic E-state index is 4.96. The summed E-state index contributed by atoms with van der Waals surface area (Å²) in [4.78, 5) is 0. The predicted molar refractivity (Wildman–Crippen MR) is 57.0 cm³/mol. The van der Waals surface area contributed by atoms with E-state index in [1.54, 1.807) is 7.11 Å². The van der Waals surface area contributed by atoms with Gasteiger partial charge in [0.15, 0.2) is 0 Å². The van der Waals surface area contributed by atoms with Crippen molar-refractivity contribution >= 4 is 11.8 Å². The SMILES string of the molecule is COCCCNCC(C)(C)SC. The van der Waals surface area contributed by atoms with Crippen molar-refractivity contribution in [1.82, 2.24) is 5.32 Å². The molecule has 0 bridgehead atoms. The lowest BCUT2D eigenvalue weighted by atomic mass is 10.2. The topological polar surface area (TPSA) is 21.3 Å².